The van der Waals surface area contributed by atoms with E-state index in [1.165, 1.54) is 0 Å². The zero-order chi connectivity index (χ0) is 15.7. The first kappa shape index (κ1) is 14.2. The van der Waals surface area contributed by atoms with E-state index < -0.39 is 5.97 Å². The fourth-order valence-corrected chi connectivity index (χ4v) is 2.64. The van der Waals surface area contributed by atoms with Gasteiger partial charge in [-0.25, -0.2) is 4.79 Å². The van der Waals surface area contributed by atoms with E-state index in [1.807, 2.05) is 37.3 Å². The van der Waals surface area contributed by atoms with Crippen molar-refractivity contribution in [3.63, 3.8) is 0 Å². The minimum Gasteiger partial charge on any atom is -0.496 e. The molecular weight excluding hydrogens is 280 g/mol. The van der Waals surface area contributed by atoms with E-state index in [2.05, 4.69) is 0 Å². The molecule has 0 fully saturated rings. The standard InChI is InChI=1S/C18H16O4/c1-11-9-14(13-5-3-4-6-16(13)21-2)15-10-12(18(19)20)7-8-17(15)22-11/h3-11H,1-2H3,(H,19,20). The van der Waals surface area contributed by atoms with Crippen LogP contribution in [0.5, 0.6) is 11.5 Å². The van der Waals surface area contributed by atoms with E-state index >= 15 is 0 Å². The van der Waals surface area contributed by atoms with Gasteiger partial charge in [0, 0.05) is 11.1 Å². The quantitative estimate of drug-likeness (QED) is 0.940. The molecule has 0 saturated carbocycles. The molecule has 2 aromatic carbocycles. The second kappa shape index (κ2) is 5.56. The number of methoxy groups -OCH3 is 1. The van der Waals surface area contributed by atoms with E-state index in [0.29, 0.717) is 5.75 Å². The first-order valence-electron chi connectivity index (χ1n) is 6.99. The number of carbonyl (C=O) groups is 1. The fraction of sp³-hybridized carbons (Fsp3) is 0.167. The number of fused-ring (bicyclic) bond motifs is 1. The number of hydrogen-bond acceptors (Lipinski definition) is 3. The molecule has 0 amide bonds. The van der Waals surface area contributed by atoms with Crippen molar-refractivity contribution >= 4 is 11.5 Å². The second-order valence-electron chi connectivity index (χ2n) is 5.12. The van der Waals surface area contributed by atoms with Crippen LogP contribution in [-0.4, -0.2) is 24.3 Å². The predicted octanol–water partition coefficient (Wildman–Crippen LogP) is 3.61. The maximum Gasteiger partial charge on any atom is 0.335 e. The lowest BCUT2D eigenvalue weighted by Crippen LogP contribution is -2.16. The summed E-state index contributed by atoms with van der Waals surface area (Å²) in [6.45, 7) is 1.95. The average molecular weight is 296 g/mol. The lowest BCUT2D eigenvalue weighted by atomic mass is 9.92. The summed E-state index contributed by atoms with van der Waals surface area (Å²) >= 11 is 0. The van der Waals surface area contributed by atoms with E-state index in [4.69, 9.17) is 9.47 Å². The van der Waals surface area contributed by atoms with Gasteiger partial charge < -0.3 is 14.6 Å². The summed E-state index contributed by atoms with van der Waals surface area (Å²) in [4.78, 5) is 11.2. The average Bonchev–Trinajstić information content (AvgIpc) is 2.53. The molecule has 0 aromatic heterocycles. The van der Waals surface area contributed by atoms with E-state index in [1.54, 1.807) is 25.3 Å². The van der Waals surface area contributed by atoms with Crippen LogP contribution in [0.2, 0.25) is 0 Å². The molecule has 0 radical (unpaired) electrons. The first-order chi connectivity index (χ1) is 10.6. The number of para-hydroxylation sites is 1. The summed E-state index contributed by atoms with van der Waals surface area (Å²) in [6, 6.07) is 12.6. The van der Waals surface area contributed by atoms with Crippen molar-refractivity contribution in [1.29, 1.82) is 0 Å². The number of aromatic carboxylic acids is 1. The first-order valence-corrected chi connectivity index (χ1v) is 6.99. The Morgan fingerprint density at radius 1 is 1.18 bits per heavy atom. The molecule has 22 heavy (non-hydrogen) atoms. The third-order valence-electron chi connectivity index (χ3n) is 3.63. The smallest absolute Gasteiger partial charge is 0.335 e. The number of ether oxygens (including phenoxy) is 2. The Labute approximate surface area is 128 Å². The Hall–Kier alpha value is -2.75. The number of carboxylic acid groups (broad SMARTS) is 1. The van der Waals surface area contributed by atoms with Crippen LogP contribution in [0.4, 0.5) is 0 Å². The lowest BCUT2D eigenvalue weighted by molar-refractivity contribution is 0.0697. The Balaban J connectivity index is 2.20. The van der Waals surface area contributed by atoms with Gasteiger partial charge in [0.2, 0.25) is 0 Å². The summed E-state index contributed by atoms with van der Waals surface area (Å²) in [5.41, 5.74) is 2.85. The molecule has 0 saturated heterocycles. The molecule has 1 unspecified atom stereocenters. The molecule has 1 atom stereocenters. The molecule has 3 rings (SSSR count). The van der Waals surface area contributed by atoms with Crippen LogP contribution < -0.4 is 9.47 Å². The molecule has 2 aromatic rings. The van der Waals surface area contributed by atoms with Gasteiger partial charge in [-0.1, -0.05) is 18.2 Å². The maximum absolute atomic E-state index is 11.2. The van der Waals surface area contributed by atoms with Crippen LogP contribution in [0.1, 0.15) is 28.4 Å². The Bertz CT molecular complexity index is 761. The minimum atomic E-state index is -0.958. The number of benzene rings is 2. The zero-order valence-electron chi connectivity index (χ0n) is 12.4. The Morgan fingerprint density at radius 3 is 2.68 bits per heavy atom. The largest absolute Gasteiger partial charge is 0.496 e. The highest BCUT2D eigenvalue weighted by Gasteiger charge is 2.22. The van der Waals surface area contributed by atoms with Crippen molar-refractivity contribution in [3.8, 4) is 11.5 Å². The number of rotatable bonds is 3. The maximum atomic E-state index is 11.2. The molecule has 1 heterocycles. The SMILES string of the molecule is COc1ccccc1C1=CC(C)Oc2ccc(C(=O)O)cc21. The Morgan fingerprint density at radius 2 is 1.95 bits per heavy atom. The molecule has 1 aliphatic rings. The summed E-state index contributed by atoms with van der Waals surface area (Å²) in [7, 11) is 1.62. The van der Waals surface area contributed by atoms with Gasteiger partial charge in [0.15, 0.2) is 0 Å². The van der Waals surface area contributed by atoms with E-state index in [9.17, 15) is 9.90 Å². The van der Waals surface area contributed by atoms with Gasteiger partial charge in [0.1, 0.15) is 17.6 Å². The van der Waals surface area contributed by atoms with Crippen molar-refractivity contribution in [1.82, 2.24) is 0 Å². The summed E-state index contributed by atoms with van der Waals surface area (Å²) in [5.74, 6) is 0.469. The topological polar surface area (TPSA) is 55.8 Å². The summed E-state index contributed by atoms with van der Waals surface area (Å²) < 4.78 is 11.2. The van der Waals surface area contributed by atoms with Crippen LogP contribution in [0, 0.1) is 0 Å². The van der Waals surface area contributed by atoms with Gasteiger partial charge >= 0.3 is 5.97 Å². The summed E-state index contributed by atoms with van der Waals surface area (Å²) in [5, 5.41) is 9.21. The molecule has 0 spiro atoms. The lowest BCUT2D eigenvalue weighted by Gasteiger charge is -2.24. The van der Waals surface area contributed by atoms with Crippen LogP contribution in [0.15, 0.2) is 48.5 Å². The van der Waals surface area contributed by atoms with Crippen LogP contribution in [-0.2, 0) is 0 Å². The molecule has 4 nitrogen and oxygen atoms in total. The normalized spacial score (nSPS) is 16.3. The number of carboxylic acids is 1. The summed E-state index contributed by atoms with van der Waals surface area (Å²) in [6.07, 6.45) is 1.88. The van der Waals surface area contributed by atoms with Gasteiger partial charge in [0.25, 0.3) is 0 Å². The zero-order valence-corrected chi connectivity index (χ0v) is 12.4. The molecular formula is C18H16O4. The van der Waals surface area contributed by atoms with Gasteiger partial charge in [-0.05, 0) is 42.8 Å². The van der Waals surface area contributed by atoms with Gasteiger partial charge in [-0.3, -0.25) is 0 Å². The fourth-order valence-electron chi connectivity index (χ4n) is 2.64. The van der Waals surface area contributed by atoms with Crippen molar-refractivity contribution in [3.05, 3.63) is 65.2 Å². The van der Waals surface area contributed by atoms with Crippen molar-refractivity contribution in [2.24, 2.45) is 0 Å². The third kappa shape index (κ3) is 2.44. The molecule has 4 heteroatoms. The van der Waals surface area contributed by atoms with E-state index in [-0.39, 0.29) is 11.7 Å². The van der Waals surface area contributed by atoms with Crippen LogP contribution in [0.25, 0.3) is 5.57 Å². The number of hydrogen-bond donors (Lipinski definition) is 1. The van der Waals surface area contributed by atoms with Gasteiger partial charge in [-0.2, -0.15) is 0 Å². The molecule has 0 aliphatic carbocycles. The van der Waals surface area contributed by atoms with Crippen LogP contribution in [0.3, 0.4) is 0 Å². The highest BCUT2D eigenvalue weighted by Crippen LogP contribution is 2.39. The highest BCUT2D eigenvalue weighted by atomic mass is 16.5. The van der Waals surface area contributed by atoms with Crippen molar-refractivity contribution < 1.29 is 19.4 Å². The molecule has 0 bridgehead atoms. The third-order valence-corrected chi connectivity index (χ3v) is 3.63. The van der Waals surface area contributed by atoms with Crippen molar-refractivity contribution in [2.75, 3.05) is 7.11 Å². The van der Waals surface area contributed by atoms with Gasteiger partial charge in [-0.15, -0.1) is 0 Å². The molecule has 1 aliphatic heterocycles. The van der Waals surface area contributed by atoms with E-state index in [0.717, 1.165) is 22.4 Å². The molecule has 1 N–H and O–H groups in total. The predicted molar refractivity (Wildman–Crippen MR) is 83.6 cm³/mol. The van der Waals surface area contributed by atoms with Gasteiger partial charge in [0.05, 0.1) is 12.7 Å². The monoisotopic (exact) mass is 296 g/mol. The molecule has 112 valence electrons. The Kier molecular flexibility index (Phi) is 3.59. The van der Waals surface area contributed by atoms with Crippen molar-refractivity contribution in [2.45, 2.75) is 13.0 Å². The van der Waals surface area contributed by atoms with Crippen LogP contribution >= 0.6 is 0 Å². The second-order valence-corrected chi connectivity index (χ2v) is 5.12. The minimum absolute atomic E-state index is 0.0944. The highest BCUT2D eigenvalue weighted by molar-refractivity contribution is 5.93.